The van der Waals surface area contributed by atoms with Crippen molar-refractivity contribution in [2.75, 3.05) is 20.2 Å². The van der Waals surface area contributed by atoms with Crippen LogP contribution in [0.4, 0.5) is 4.39 Å². The molecule has 16 heavy (non-hydrogen) atoms. The van der Waals surface area contributed by atoms with Crippen LogP contribution in [0.1, 0.15) is 18.4 Å². The lowest BCUT2D eigenvalue weighted by atomic mass is 9.85. The summed E-state index contributed by atoms with van der Waals surface area (Å²) in [6.45, 7) is 1.82. The summed E-state index contributed by atoms with van der Waals surface area (Å²) in [5.74, 6) is -0.229. The molecule has 0 saturated carbocycles. The van der Waals surface area contributed by atoms with Crippen LogP contribution < -0.4 is 5.32 Å². The minimum Gasteiger partial charge on any atom is -0.373 e. The van der Waals surface area contributed by atoms with Crippen LogP contribution in [0.15, 0.2) is 22.7 Å². The standard InChI is InChI=1S/C12H15BrFNO/c1-16-12(4-6-15-7-5-12)9-2-3-10(13)11(14)8-9/h2-3,8,15H,4-7H2,1H3. The van der Waals surface area contributed by atoms with Gasteiger partial charge in [0, 0.05) is 7.11 Å². The van der Waals surface area contributed by atoms with Gasteiger partial charge in [-0.05, 0) is 59.6 Å². The molecule has 4 heteroatoms. The molecule has 1 aromatic carbocycles. The van der Waals surface area contributed by atoms with Gasteiger partial charge in [0.15, 0.2) is 0 Å². The smallest absolute Gasteiger partial charge is 0.137 e. The highest BCUT2D eigenvalue weighted by Gasteiger charge is 2.34. The molecule has 0 unspecified atom stereocenters. The molecule has 0 aliphatic carbocycles. The molecule has 2 rings (SSSR count). The van der Waals surface area contributed by atoms with Gasteiger partial charge < -0.3 is 10.1 Å². The number of piperidine rings is 1. The highest BCUT2D eigenvalue weighted by atomic mass is 79.9. The highest BCUT2D eigenvalue weighted by molar-refractivity contribution is 9.10. The molecule has 2 nitrogen and oxygen atoms in total. The van der Waals surface area contributed by atoms with E-state index in [0.717, 1.165) is 31.5 Å². The summed E-state index contributed by atoms with van der Waals surface area (Å²) >= 11 is 3.16. The van der Waals surface area contributed by atoms with Crippen LogP contribution in [0.2, 0.25) is 0 Å². The van der Waals surface area contributed by atoms with Crippen molar-refractivity contribution < 1.29 is 9.13 Å². The van der Waals surface area contributed by atoms with Crippen molar-refractivity contribution in [1.82, 2.24) is 5.32 Å². The lowest BCUT2D eigenvalue weighted by Gasteiger charge is -2.36. The first-order valence-electron chi connectivity index (χ1n) is 5.39. The van der Waals surface area contributed by atoms with Crippen molar-refractivity contribution in [3.05, 3.63) is 34.1 Å². The Bertz CT molecular complexity index is 377. The maximum atomic E-state index is 13.5. The Hall–Kier alpha value is -0.450. The number of rotatable bonds is 2. The number of methoxy groups -OCH3 is 1. The average molecular weight is 288 g/mol. The number of hydrogen-bond acceptors (Lipinski definition) is 2. The predicted molar refractivity (Wildman–Crippen MR) is 64.9 cm³/mol. The van der Waals surface area contributed by atoms with Crippen LogP contribution in [-0.4, -0.2) is 20.2 Å². The zero-order valence-electron chi connectivity index (χ0n) is 9.22. The lowest BCUT2D eigenvalue weighted by molar-refractivity contribution is -0.0393. The van der Waals surface area contributed by atoms with Gasteiger partial charge in [0.1, 0.15) is 5.82 Å². The van der Waals surface area contributed by atoms with Gasteiger partial charge in [-0.15, -0.1) is 0 Å². The summed E-state index contributed by atoms with van der Waals surface area (Å²) in [4.78, 5) is 0. The van der Waals surface area contributed by atoms with Crippen LogP contribution in [0, 0.1) is 5.82 Å². The number of benzene rings is 1. The topological polar surface area (TPSA) is 21.3 Å². The lowest BCUT2D eigenvalue weighted by Crippen LogP contribution is -2.41. The normalized spacial score (nSPS) is 19.7. The molecule has 0 aromatic heterocycles. The Labute approximate surface area is 103 Å². The van der Waals surface area contributed by atoms with Crippen molar-refractivity contribution in [3.63, 3.8) is 0 Å². The van der Waals surface area contributed by atoms with Crippen LogP contribution >= 0.6 is 15.9 Å². The zero-order valence-corrected chi connectivity index (χ0v) is 10.8. The zero-order chi connectivity index (χ0) is 11.6. The molecule has 1 fully saturated rings. The minimum atomic E-state index is -0.327. The molecule has 0 bridgehead atoms. The van der Waals surface area contributed by atoms with Gasteiger partial charge in [-0.2, -0.15) is 0 Å². The molecule has 1 aromatic rings. The van der Waals surface area contributed by atoms with Gasteiger partial charge in [-0.3, -0.25) is 0 Å². The van der Waals surface area contributed by atoms with Crippen LogP contribution in [0.5, 0.6) is 0 Å². The fourth-order valence-corrected chi connectivity index (χ4v) is 2.47. The summed E-state index contributed by atoms with van der Waals surface area (Å²) in [6.07, 6.45) is 1.76. The predicted octanol–water partition coefficient (Wildman–Crippen LogP) is 2.81. The second-order valence-corrected chi connectivity index (χ2v) is 4.93. The van der Waals surface area contributed by atoms with Crippen LogP contribution in [-0.2, 0) is 10.3 Å². The van der Waals surface area contributed by atoms with E-state index in [4.69, 9.17) is 4.74 Å². The molecule has 1 aliphatic heterocycles. The molecule has 1 heterocycles. The summed E-state index contributed by atoms with van der Waals surface area (Å²) in [6, 6.07) is 5.24. The van der Waals surface area contributed by atoms with E-state index in [1.807, 2.05) is 6.07 Å². The first kappa shape index (κ1) is 12.0. The van der Waals surface area contributed by atoms with E-state index in [-0.39, 0.29) is 11.4 Å². The van der Waals surface area contributed by atoms with Crippen LogP contribution in [0.3, 0.4) is 0 Å². The highest BCUT2D eigenvalue weighted by Crippen LogP contribution is 2.35. The second kappa shape index (κ2) is 4.82. The van der Waals surface area contributed by atoms with Gasteiger partial charge in [0.25, 0.3) is 0 Å². The summed E-state index contributed by atoms with van der Waals surface area (Å²) < 4.78 is 19.7. The Kier molecular flexibility index (Phi) is 3.62. The van der Waals surface area contributed by atoms with Crippen LogP contribution in [0.25, 0.3) is 0 Å². The van der Waals surface area contributed by atoms with E-state index < -0.39 is 0 Å². The third-order valence-corrected chi connectivity index (χ3v) is 3.89. The van der Waals surface area contributed by atoms with Crippen molar-refractivity contribution >= 4 is 15.9 Å². The van der Waals surface area contributed by atoms with Crippen molar-refractivity contribution in [2.24, 2.45) is 0 Å². The van der Waals surface area contributed by atoms with Crippen molar-refractivity contribution in [2.45, 2.75) is 18.4 Å². The van der Waals surface area contributed by atoms with E-state index in [1.165, 1.54) is 0 Å². The SMILES string of the molecule is COC1(c2ccc(Br)c(F)c2)CCNCC1. The summed E-state index contributed by atoms with van der Waals surface area (Å²) in [7, 11) is 1.70. The molecular weight excluding hydrogens is 273 g/mol. The van der Waals surface area contributed by atoms with Crippen molar-refractivity contribution in [1.29, 1.82) is 0 Å². The number of ether oxygens (including phenoxy) is 1. The Morgan fingerprint density at radius 1 is 1.38 bits per heavy atom. The summed E-state index contributed by atoms with van der Waals surface area (Å²) in [5.41, 5.74) is 0.601. The largest absolute Gasteiger partial charge is 0.373 e. The molecule has 0 radical (unpaired) electrons. The molecule has 0 spiro atoms. The molecule has 0 amide bonds. The molecule has 1 aliphatic rings. The Balaban J connectivity index is 2.35. The maximum Gasteiger partial charge on any atom is 0.137 e. The van der Waals surface area contributed by atoms with Gasteiger partial charge in [-0.1, -0.05) is 6.07 Å². The Morgan fingerprint density at radius 2 is 2.06 bits per heavy atom. The van der Waals surface area contributed by atoms with E-state index in [9.17, 15) is 4.39 Å². The second-order valence-electron chi connectivity index (χ2n) is 4.08. The fourth-order valence-electron chi connectivity index (χ4n) is 2.22. The molecule has 0 atom stereocenters. The fraction of sp³-hybridized carbons (Fsp3) is 0.500. The third kappa shape index (κ3) is 2.14. The average Bonchev–Trinajstić information content (AvgIpc) is 2.33. The molecular formula is C12H15BrFNO. The third-order valence-electron chi connectivity index (χ3n) is 3.25. The number of halogens is 2. The molecule has 1 N–H and O–H groups in total. The summed E-state index contributed by atoms with van der Waals surface area (Å²) in [5, 5.41) is 3.29. The van der Waals surface area contributed by atoms with E-state index in [1.54, 1.807) is 19.2 Å². The monoisotopic (exact) mass is 287 g/mol. The quantitative estimate of drug-likeness (QED) is 0.903. The minimum absolute atomic E-state index is 0.229. The van der Waals surface area contributed by atoms with E-state index in [0.29, 0.717) is 4.47 Å². The van der Waals surface area contributed by atoms with E-state index in [2.05, 4.69) is 21.2 Å². The maximum absolute atomic E-state index is 13.5. The van der Waals surface area contributed by atoms with Gasteiger partial charge in [-0.25, -0.2) is 4.39 Å². The first-order chi connectivity index (χ1) is 7.68. The van der Waals surface area contributed by atoms with Gasteiger partial charge in [0.05, 0.1) is 10.1 Å². The van der Waals surface area contributed by atoms with E-state index >= 15 is 0 Å². The van der Waals surface area contributed by atoms with Crippen molar-refractivity contribution in [3.8, 4) is 0 Å². The first-order valence-corrected chi connectivity index (χ1v) is 6.19. The van der Waals surface area contributed by atoms with Gasteiger partial charge >= 0.3 is 0 Å². The number of hydrogen-bond donors (Lipinski definition) is 1. The number of nitrogens with one attached hydrogen (secondary N) is 1. The van der Waals surface area contributed by atoms with Gasteiger partial charge in [0.2, 0.25) is 0 Å². The molecule has 88 valence electrons. The Morgan fingerprint density at radius 3 is 2.62 bits per heavy atom. The molecule has 1 saturated heterocycles.